The molecule has 0 spiro atoms. The summed E-state index contributed by atoms with van der Waals surface area (Å²) in [6.45, 7) is 0.292. The van der Waals surface area contributed by atoms with Gasteiger partial charge in [0.25, 0.3) is 0 Å². The van der Waals surface area contributed by atoms with Crippen LogP contribution in [0.1, 0.15) is 94.3 Å². The lowest BCUT2D eigenvalue weighted by Gasteiger charge is -2.28. The van der Waals surface area contributed by atoms with Gasteiger partial charge in [0.2, 0.25) is 26.8 Å². The first kappa shape index (κ1) is 46.8. The number of nitrogens with one attached hydrogen (secondary N) is 2. The topological polar surface area (TPSA) is 224 Å². The molecule has 8 rings (SSSR count). The van der Waals surface area contributed by atoms with E-state index in [0.29, 0.717) is 23.7 Å². The molecule has 2 amide bonds. The van der Waals surface area contributed by atoms with E-state index in [0.717, 1.165) is 117 Å². The van der Waals surface area contributed by atoms with Gasteiger partial charge in [-0.1, -0.05) is 0 Å². The molecule has 4 aliphatic rings. The molecule has 4 aromatic rings. The summed E-state index contributed by atoms with van der Waals surface area (Å²) in [6, 6.07) is 4.63. The highest BCUT2D eigenvalue weighted by molar-refractivity contribution is 7.90. The van der Waals surface area contributed by atoms with Crippen LogP contribution in [0.25, 0.3) is 22.5 Å². The smallest absolute Gasteiger partial charge is 0.247 e. The van der Waals surface area contributed by atoms with E-state index in [1.165, 1.54) is 44.7 Å². The Morgan fingerprint density at radius 1 is 0.677 bits per heavy atom. The van der Waals surface area contributed by atoms with Gasteiger partial charge in [-0.15, -0.1) is 0 Å². The molecule has 0 saturated heterocycles. The van der Waals surface area contributed by atoms with Gasteiger partial charge in [-0.25, -0.2) is 28.4 Å². The van der Waals surface area contributed by atoms with Gasteiger partial charge in [0, 0.05) is 94.0 Å². The fraction of sp³-hybridized carbons (Fsp3) is 0.636. The first-order chi connectivity index (χ1) is 29.8. The third-order valence-electron chi connectivity index (χ3n) is 12.1. The molecule has 4 aromatic heterocycles. The average molecular weight is 876 g/mol. The van der Waals surface area contributed by atoms with Crippen LogP contribution in [0, 0.1) is 17.8 Å². The normalized spacial score (nSPS) is 21.2. The zero-order valence-corrected chi connectivity index (χ0v) is 37.8. The van der Waals surface area contributed by atoms with Crippen LogP contribution in [0.3, 0.4) is 0 Å². The van der Waals surface area contributed by atoms with Gasteiger partial charge in [-0.3, -0.25) is 19.0 Å². The molecule has 0 bridgehead atoms. The molecular weight excluding hydrogens is 811 g/mol. The van der Waals surface area contributed by atoms with Crippen LogP contribution >= 0.6 is 0 Å². The first-order valence-corrected chi connectivity index (χ1v) is 23.9. The average Bonchev–Trinajstić information content (AvgIpc) is 4.18. The van der Waals surface area contributed by atoms with Gasteiger partial charge in [0.05, 0.1) is 23.8 Å². The largest absolute Gasteiger partial charge is 0.375 e. The summed E-state index contributed by atoms with van der Waals surface area (Å²) in [5.74, 6) is 2.97. The van der Waals surface area contributed by atoms with E-state index in [1.54, 1.807) is 19.4 Å². The molecule has 0 radical (unpaired) electrons. The van der Waals surface area contributed by atoms with E-state index < -0.39 is 9.84 Å². The third kappa shape index (κ3) is 14.2. The van der Waals surface area contributed by atoms with E-state index in [-0.39, 0.29) is 36.2 Å². The number of carbonyl (C=O) groups is 2. The van der Waals surface area contributed by atoms with Crippen molar-refractivity contribution in [1.82, 2.24) is 50.1 Å². The van der Waals surface area contributed by atoms with E-state index >= 15 is 0 Å². The van der Waals surface area contributed by atoms with Gasteiger partial charge in [-0.05, 0) is 120 Å². The fourth-order valence-electron chi connectivity index (χ4n) is 8.18. The summed E-state index contributed by atoms with van der Waals surface area (Å²) in [6.07, 6.45) is 24.5. The standard InChI is InChI=1S/C22H31N5O2.C13H16N4O2S.C9H18N2O2/c1-27-20(11-15-3-4-15)18(13-24-27)19-9-10-23-21(26-19)12-16-5-7-17(8-6-16)25-22(28)14-29-2;1-17-12(7-9-3-4-9)10(8-15-17)11-5-6-14-13(16-11)20(2,18)19;1-13-6-9(12)11-8-4-2-7(10)3-5-8/h9-10,13,15-17H,3-8,11-12,14H2,1-2H3,(H,25,28);5-6,8-9H,3-4,7H2,1-2H3;7-8H,2-6,10H2,1H3,(H,11,12). The van der Waals surface area contributed by atoms with Crippen LogP contribution in [0.2, 0.25) is 0 Å². The van der Waals surface area contributed by atoms with Crippen molar-refractivity contribution >= 4 is 21.7 Å². The Balaban J connectivity index is 0.000000168. The number of aryl methyl sites for hydroxylation is 2. The van der Waals surface area contributed by atoms with Gasteiger partial charge in [-0.2, -0.15) is 10.2 Å². The Kier molecular flexibility index (Phi) is 16.7. The van der Waals surface area contributed by atoms with Crippen molar-refractivity contribution in [3.05, 3.63) is 54.1 Å². The summed E-state index contributed by atoms with van der Waals surface area (Å²) in [5, 5.41) is 14.6. The third-order valence-corrected chi connectivity index (χ3v) is 12.9. The Morgan fingerprint density at radius 3 is 1.58 bits per heavy atom. The highest BCUT2D eigenvalue weighted by Gasteiger charge is 2.28. The van der Waals surface area contributed by atoms with E-state index in [1.807, 2.05) is 41.9 Å². The molecule has 0 unspecified atom stereocenters. The molecule has 18 heteroatoms. The number of methoxy groups -OCH3 is 2. The number of nitrogens with zero attached hydrogens (tertiary/aromatic N) is 8. The molecule has 62 heavy (non-hydrogen) atoms. The molecule has 0 aliphatic heterocycles. The maximum Gasteiger partial charge on any atom is 0.247 e. The van der Waals surface area contributed by atoms with Crippen molar-refractivity contribution in [1.29, 1.82) is 0 Å². The summed E-state index contributed by atoms with van der Waals surface area (Å²) >= 11 is 0. The van der Waals surface area contributed by atoms with Crippen molar-refractivity contribution in [2.75, 3.05) is 33.7 Å². The number of rotatable bonds is 15. The molecule has 4 fully saturated rings. The number of sulfone groups is 1. The lowest BCUT2D eigenvalue weighted by Crippen LogP contribution is -2.41. The minimum atomic E-state index is -3.40. The summed E-state index contributed by atoms with van der Waals surface area (Å²) in [5.41, 5.74) is 11.8. The lowest BCUT2D eigenvalue weighted by molar-refractivity contribution is -0.126. The Bertz CT molecular complexity index is 2190. The summed E-state index contributed by atoms with van der Waals surface area (Å²) in [4.78, 5) is 40.2. The number of aromatic nitrogens is 8. The second-order valence-corrected chi connectivity index (χ2v) is 19.4. The lowest BCUT2D eigenvalue weighted by atomic mass is 9.84. The van der Waals surface area contributed by atoms with Crippen molar-refractivity contribution in [3.8, 4) is 22.5 Å². The number of nitrogens with two attached hydrogens (primary N) is 1. The molecule has 0 atom stereocenters. The van der Waals surface area contributed by atoms with Crippen LogP contribution in [-0.4, -0.2) is 112 Å². The number of hydrogen-bond acceptors (Lipinski definition) is 13. The zero-order valence-electron chi connectivity index (χ0n) is 37.0. The van der Waals surface area contributed by atoms with Crippen molar-refractivity contribution in [2.45, 2.75) is 120 Å². The highest BCUT2D eigenvalue weighted by Crippen LogP contribution is 2.36. The molecule has 338 valence electrons. The molecule has 0 aromatic carbocycles. The van der Waals surface area contributed by atoms with Gasteiger partial charge in [0.15, 0.2) is 0 Å². The molecule has 4 aliphatic carbocycles. The van der Waals surface area contributed by atoms with Crippen LogP contribution < -0.4 is 16.4 Å². The molecule has 4 saturated carbocycles. The minimum absolute atomic E-state index is 0.0227. The Hall–Kier alpha value is -4.65. The molecule has 4 N–H and O–H groups in total. The number of ether oxygens (including phenoxy) is 2. The van der Waals surface area contributed by atoms with Crippen molar-refractivity contribution in [3.63, 3.8) is 0 Å². The zero-order chi connectivity index (χ0) is 44.2. The second kappa shape index (κ2) is 22.1. The van der Waals surface area contributed by atoms with Crippen LogP contribution in [0.15, 0.2) is 42.1 Å². The van der Waals surface area contributed by atoms with Gasteiger partial charge in [0.1, 0.15) is 19.0 Å². The Labute approximate surface area is 365 Å². The van der Waals surface area contributed by atoms with E-state index in [4.69, 9.17) is 20.2 Å². The SMILES string of the molecule is COCC(=O)NC1CCC(Cc2nccc(-c3cnn(C)c3CC3CC3)n2)CC1.COCC(=O)NC1CCC(N)CC1.Cn1ncc(-c2ccnc(S(C)(=O)=O)n2)c1CC1CC1. The van der Waals surface area contributed by atoms with E-state index in [9.17, 15) is 18.0 Å². The quantitative estimate of drug-likeness (QED) is 0.144. The first-order valence-electron chi connectivity index (χ1n) is 22.0. The van der Waals surface area contributed by atoms with Crippen molar-refractivity contribution in [2.24, 2.45) is 37.6 Å². The predicted octanol–water partition coefficient (Wildman–Crippen LogP) is 3.95. The molecule has 17 nitrogen and oxygen atoms in total. The maximum atomic E-state index is 11.7. The van der Waals surface area contributed by atoms with Crippen LogP contribution in [-0.2, 0) is 62.3 Å². The minimum Gasteiger partial charge on any atom is -0.375 e. The number of carbonyl (C=O) groups excluding carboxylic acids is 2. The van der Waals surface area contributed by atoms with Crippen LogP contribution in [0.4, 0.5) is 0 Å². The maximum absolute atomic E-state index is 11.7. The van der Waals surface area contributed by atoms with E-state index in [2.05, 4.69) is 35.8 Å². The number of amides is 2. The monoisotopic (exact) mass is 875 g/mol. The van der Waals surface area contributed by atoms with Crippen molar-refractivity contribution < 1.29 is 27.5 Å². The fourth-order valence-corrected chi connectivity index (χ4v) is 8.70. The predicted molar refractivity (Wildman–Crippen MR) is 234 cm³/mol. The van der Waals surface area contributed by atoms with Gasteiger partial charge >= 0.3 is 0 Å². The van der Waals surface area contributed by atoms with Crippen LogP contribution in [0.5, 0.6) is 0 Å². The summed E-state index contributed by atoms with van der Waals surface area (Å²) < 4.78 is 36.6. The molecular formula is C44H65N11O6S. The Morgan fingerprint density at radius 2 is 1.11 bits per heavy atom. The number of hydrogen-bond donors (Lipinski definition) is 3. The molecule has 4 heterocycles. The van der Waals surface area contributed by atoms with Gasteiger partial charge < -0.3 is 25.8 Å². The summed E-state index contributed by atoms with van der Waals surface area (Å²) in [7, 11) is 3.59. The second-order valence-electron chi connectivity index (χ2n) is 17.4. The highest BCUT2D eigenvalue weighted by atomic mass is 32.2.